The van der Waals surface area contributed by atoms with E-state index in [1.165, 1.54) is 35.0 Å². The monoisotopic (exact) mass is 529 g/mol. The fourth-order valence-corrected chi connectivity index (χ4v) is 3.73. The molecule has 2 aromatic carbocycles. The van der Waals surface area contributed by atoms with Crippen molar-refractivity contribution in [3.8, 4) is 28.4 Å². The van der Waals surface area contributed by atoms with Gasteiger partial charge in [0.25, 0.3) is 0 Å². The molecule has 3 heterocycles. The number of ether oxygens (including phenoxy) is 1. The Hall–Kier alpha value is -5.06. The van der Waals surface area contributed by atoms with Crippen molar-refractivity contribution < 1.29 is 18.3 Å². The van der Waals surface area contributed by atoms with E-state index in [0.29, 0.717) is 28.6 Å². The number of pyridine rings is 1. The second-order valence-electron chi connectivity index (χ2n) is 9.74. The number of rotatable bonds is 6. The van der Waals surface area contributed by atoms with Crippen molar-refractivity contribution in [1.29, 1.82) is 0 Å². The molecule has 0 aliphatic rings. The predicted octanol–water partition coefficient (Wildman–Crippen LogP) is 6.67. The number of hydrogen-bond acceptors (Lipinski definition) is 5. The zero-order valence-electron chi connectivity index (χ0n) is 21.4. The molecular weight excluding hydrogens is 504 g/mol. The average molecular weight is 530 g/mol. The SMILES string of the molecule is CC(C)(C)c1cc(NC(=O)Nc2ccc(Oc3ccnc(-c4cn[nH]c4)c3)cc2F)n(-c2cccc(F)c2)n1. The lowest BCUT2D eigenvalue weighted by Crippen LogP contribution is -2.22. The first kappa shape index (κ1) is 25.6. The van der Waals surface area contributed by atoms with E-state index in [1.54, 1.807) is 48.9 Å². The summed E-state index contributed by atoms with van der Waals surface area (Å²) in [6, 6.07) is 14.3. The number of carbonyl (C=O) groups excluding carboxylic acids is 1. The minimum absolute atomic E-state index is 0.0541. The average Bonchev–Trinajstić information content (AvgIpc) is 3.57. The van der Waals surface area contributed by atoms with E-state index in [2.05, 4.69) is 30.9 Å². The molecule has 11 heteroatoms. The molecule has 198 valence electrons. The normalized spacial score (nSPS) is 11.3. The van der Waals surface area contributed by atoms with Crippen LogP contribution in [0.4, 0.5) is 25.1 Å². The summed E-state index contributed by atoms with van der Waals surface area (Å²) >= 11 is 0. The van der Waals surface area contributed by atoms with Crippen molar-refractivity contribution in [2.24, 2.45) is 0 Å². The summed E-state index contributed by atoms with van der Waals surface area (Å²) in [5.74, 6) is -0.138. The Balaban J connectivity index is 1.31. The highest BCUT2D eigenvalue weighted by atomic mass is 19.1. The maximum absolute atomic E-state index is 14.9. The first-order valence-corrected chi connectivity index (χ1v) is 12.0. The van der Waals surface area contributed by atoms with Crippen LogP contribution >= 0.6 is 0 Å². The summed E-state index contributed by atoms with van der Waals surface area (Å²) in [6.45, 7) is 5.91. The smallest absolute Gasteiger partial charge is 0.324 e. The van der Waals surface area contributed by atoms with E-state index >= 15 is 0 Å². The molecule has 5 aromatic rings. The number of anilines is 2. The van der Waals surface area contributed by atoms with Gasteiger partial charge in [0.2, 0.25) is 0 Å². The van der Waals surface area contributed by atoms with E-state index in [9.17, 15) is 13.6 Å². The summed E-state index contributed by atoms with van der Waals surface area (Å²) in [4.78, 5) is 17.1. The van der Waals surface area contributed by atoms with Crippen molar-refractivity contribution >= 4 is 17.5 Å². The van der Waals surface area contributed by atoms with Gasteiger partial charge in [0, 0.05) is 41.6 Å². The molecule has 0 saturated carbocycles. The molecule has 0 spiro atoms. The summed E-state index contributed by atoms with van der Waals surface area (Å²) < 4.78 is 36.0. The van der Waals surface area contributed by atoms with Crippen LogP contribution in [0.25, 0.3) is 16.9 Å². The molecule has 3 N–H and O–H groups in total. The Morgan fingerprint density at radius 3 is 2.54 bits per heavy atom. The number of hydrogen-bond donors (Lipinski definition) is 3. The molecule has 3 aromatic heterocycles. The van der Waals surface area contributed by atoms with Gasteiger partial charge in [0.05, 0.1) is 29.0 Å². The standard InChI is InChI=1S/C28H25F2N7O2/c1-28(2,3)25-14-26(37(36-25)19-6-4-5-18(29)11-19)35-27(38)34-23-8-7-20(12-22(23)30)39-21-9-10-31-24(13-21)17-15-32-33-16-17/h4-16H,1-3H3,(H,32,33)(H2,34,35,38). The number of aromatic nitrogens is 5. The summed E-state index contributed by atoms with van der Waals surface area (Å²) in [5, 5.41) is 16.4. The third kappa shape index (κ3) is 5.93. The topological polar surface area (TPSA) is 110 Å². The van der Waals surface area contributed by atoms with E-state index in [4.69, 9.17) is 4.74 Å². The van der Waals surface area contributed by atoms with Crippen molar-refractivity contribution in [1.82, 2.24) is 25.0 Å². The fraction of sp³-hybridized carbons (Fsp3) is 0.143. The number of aromatic amines is 1. The molecule has 5 rings (SSSR count). The predicted molar refractivity (Wildman–Crippen MR) is 143 cm³/mol. The largest absolute Gasteiger partial charge is 0.457 e. The number of nitrogens with one attached hydrogen (secondary N) is 3. The quantitative estimate of drug-likeness (QED) is 0.228. The van der Waals surface area contributed by atoms with Gasteiger partial charge < -0.3 is 10.1 Å². The van der Waals surface area contributed by atoms with Crippen molar-refractivity contribution in [2.45, 2.75) is 26.2 Å². The second kappa shape index (κ2) is 10.4. The van der Waals surface area contributed by atoms with Gasteiger partial charge in [-0.1, -0.05) is 26.8 Å². The van der Waals surface area contributed by atoms with E-state index in [1.807, 2.05) is 20.8 Å². The highest BCUT2D eigenvalue weighted by Gasteiger charge is 2.22. The van der Waals surface area contributed by atoms with Crippen LogP contribution in [0.3, 0.4) is 0 Å². The molecule has 0 bridgehead atoms. The number of urea groups is 1. The van der Waals surface area contributed by atoms with Crippen LogP contribution in [0.1, 0.15) is 26.5 Å². The fourth-order valence-electron chi connectivity index (χ4n) is 3.73. The van der Waals surface area contributed by atoms with Crippen LogP contribution in [0.5, 0.6) is 11.5 Å². The minimum atomic E-state index is -0.695. The highest BCUT2D eigenvalue weighted by Crippen LogP contribution is 2.29. The molecule has 9 nitrogen and oxygen atoms in total. The van der Waals surface area contributed by atoms with E-state index in [0.717, 1.165) is 5.56 Å². The lowest BCUT2D eigenvalue weighted by molar-refractivity contribution is 0.262. The Kier molecular flexibility index (Phi) is 6.80. The van der Waals surface area contributed by atoms with Gasteiger partial charge in [-0.25, -0.2) is 18.3 Å². The van der Waals surface area contributed by atoms with Gasteiger partial charge in [-0.2, -0.15) is 10.2 Å². The number of benzene rings is 2. The summed E-state index contributed by atoms with van der Waals surface area (Å²) in [6.07, 6.45) is 4.91. The molecular formula is C28H25F2N7O2. The Morgan fingerprint density at radius 1 is 1.00 bits per heavy atom. The van der Waals surface area contributed by atoms with Crippen LogP contribution in [0.15, 0.2) is 79.3 Å². The number of amides is 2. The van der Waals surface area contributed by atoms with Crippen molar-refractivity contribution in [2.75, 3.05) is 10.6 Å². The van der Waals surface area contributed by atoms with Gasteiger partial charge in [-0.05, 0) is 36.4 Å². The Morgan fingerprint density at radius 2 is 1.82 bits per heavy atom. The zero-order chi connectivity index (χ0) is 27.6. The highest BCUT2D eigenvalue weighted by molar-refractivity contribution is 5.99. The van der Waals surface area contributed by atoms with Crippen molar-refractivity contribution in [3.63, 3.8) is 0 Å². The van der Waals surface area contributed by atoms with E-state index < -0.39 is 17.7 Å². The molecule has 0 radical (unpaired) electrons. The van der Waals surface area contributed by atoms with Gasteiger partial charge >= 0.3 is 6.03 Å². The maximum atomic E-state index is 14.9. The Bertz CT molecular complexity index is 1630. The summed E-state index contributed by atoms with van der Waals surface area (Å²) in [7, 11) is 0. The van der Waals surface area contributed by atoms with Gasteiger partial charge in [0.1, 0.15) is 29.0 Å². The van der Waals surface area contributed by atoms with Gasteiger partial charge in [-0.3, -0.25) is 15.4 Å². The van der Waals surface area contributed by atoms with Gasteiger partial charge in [0.15, 0.2) is 0 Å². The second-order valence-corrected chi connectivity index (χ2v) is 9.74. The lowest BCUT2D eigenvalue weighted by atomic mass is 9.92. The molecule has 0 aliphatic carbocycles. The number of carbonyl (C=O) groups is 1. The number of halogens is 2. The van der Waals surface area contributed by atoms with Crippen molar-refractivity contribution in [3.05, 3.63) is 96.6 Å². The molecule has 0 aliphatic heterocycles. The number of H-pyrrole nitrogens is 1. The first-order chi connectivity index (χ1) is 18.7. The zero-order valence-corrected chi connectivity index (χ0v) is 21.4. The third-order valence-electron chi connectivity index (χ3n) is 5.72. The van der Waals surface area contributed by atoms with Gasteiger partial charge in [-0.15, -0.1) is 0 Å². The molecule has 0 unspecified atom stereocenters. The molecule has 0 saturated heterocycles. The third-order valence-corrected chi connectivity index (χ3v) is 5.72. The number of nitrogens with zero attached hydrogens (tertiary/aromatic N) is 4. The maximum Gasteiger partial charge on any atom is 0.324 e. The lowest BCUT2D eigenvalue weighted by Gasteiger charge is -2.14. The van der Waals surface area contributed by atoms with E-state index in [-0.39, 0.29) is 16.9 Å². The van der Waals surface area contributed by atoms with Crippen LogP contribution < -0.4 is 15.4 Å². The van der Waals surface area contributed by atoms with Crippen LogP contribution in [0, 0.1) is 11.6 Å². The molecule has 2 amide bonds. The van der Waals surface area contributed by atoms with Crippen LogP contribution in [-0.4, -0.2) is 31.0 Å². The first-order valence-electron chi connectivity index (χ1n) is 12.0. The summed E-state index contributed by atoms with van der Waals surface area (Å²) in [5.41, 5.74) is 2.15. The van der Waals surface area contributed by atoms with Crippen LogP contribution in [-0.2, 0) is 5.41 Å². The van der Waals surface area contributed by atoms with Crippen LogP contribution in [0.2, 0.25) is 0 Å². The minimum Gasteiger partial charge on any atom is -0.457 e. The molecule has 39 heavy (non-hydrogen) atoms. The Labute approximate surface area is 222 Å². The molecule has 0 atom stereocenters. The molecule has 0 fully saturated rings.